The molecular weight excluding hydrogens is 419 g/mol. The third-order valence-electron chi connectivity index (χ3n) is 4.67. The Bertz CT molecular complexity index is 1100. The van der Waals surface area contributed by atoms with Gasteiger partial charge in [-0.25, -0.2) is 4.39 Å². The molecule has 1 amide bonds. The quantitative estimate of drug-likeness (QED) is 0.558. The van der Waals surface area contributed by atoms with Crippen molar-refractivity contribution in [2.24, 2.45) is 9.98 Å². The summed E-state index contributed by atoms with van der Waals surface area (Å²) in [6, 6.07) is 14.9. The molecule has 2 aliphatic rings. The molecule has 4 rings (SSSR count). The van der Waals surface area contributed by atoms with Crippen LogP contribution in [0.4, 0.5) is 4.39 Å². The average molecular weight is 437 g/mol. The maximum Gasteiger partial charge on any atom is 0.264 e. The van der Waals surface area contributed by atoms with Crippen LogP contribution < -0.4 is 5.32 Å². The lowest BCUT2D eigenvalue weighted by Crippen LogP contribution is -2.19. The zero-order chi connectivity index (χ0) is 20.9. The van der Waals surface area contributed by atoms with Crippen molar-refractivity contribution in [1.82, 2.24) is 5.32 Å². The van der Waals surface area contributed by atoms with Gasteiger partial charge < -0.3 is 0 Å². The molecule has 0 bridgehead atoms. The average Bonchev–Trinajstić information content (AvgIpc) is 3.35. The van der Waals surface area contributed by atoms with Crippen LogP contribution in [0.15, 0.2) is 63.4 Å². The molecule has 1 fully saturated rings. The monoisotopic (exact) mass is 436 g/mol. The summed E-state index contributed by atoms with van der Waals surface area (Å²) in [6.07, 6.45) is 4.94. The third-order valence-corrected chi connectivity index (χ3v) is 6.75. The highest BCUT2D eigenvalue weighted by Crippen LogP contribution is 2.28. The van der Waals surface area contributed by atoms with Gasteiger partial charge in [0, 0.05) is 11.3 Å². The van der Waals surface area contributed by atoms with Gasteiger partial charge in [0.2, 0.25) is 6.19 Å². The van der Waals surface area contributed by atoms with E-state index in [4.69, 9.17) is 10.3 Å². The van der Waals surface area contributed by atoms with E-state index in [2.05, 4.69) is 10.3 Å². The largest absolute Gasteiger partial charge is 0.300 e. The number of carbonyl (C=O) groups excluding carboxylic acids is 1. The second kappa shape index (κ2) is 9.28. The number of nitrogens with zero attached hydrogens (tertiary/aromatic N) is 3. The van der Waals surface area contributed by atoms with Crippen molar-refractivity contribution in [3.05, 3.63) is 75.9 Å². The van der Waals surface area contributed by atoms with E-state index in [1.54, 1.807) is 30.1 Å². The number of carbonyl (C=O) groups is 1. The highest BCUT2D eigenvalue weighted by Gasteiger charge is 2.24. The normalized spacial score (nSPS) is 21.0. The van der Waals surface area contributed by atoms with Gasteiger partial charge in [0.1, 0.15) is 5.82 Å². The first kappa shape index (κ1) is 20.4. The second-order valence-corrected chi connectivity index (χ2v) is 8.77. The minimum atomic E-state index is -0.258. The molecule has 1 N–H and O–H groups in total. The van der Waals surface area contributed by atoms with Crippen molar-refractivity contribution in [1.29, 1.82) is 5.26 Å². The predicted molar refractivity (Wildman–Crippen MR) is 121 cm³/mol. The van der Waals surface area contributed by atoms with Gasteiger partial charge in [-0.1, -0.05) is 42.5 Å². The molecule has 0 aliphatic carbocycles. The van der Waals surface area contributed by atoms with Gasteiger partial charge in [-0.05, 0) is 47.9 Å². The fourth-order valence-corrected chi connectivity index (χ4v) is 5.04. The highest BCUT2D eigenvalue weighted by molar-refractivity contribution is 8.18. The molecule has 1 atom stereocenters. The molecule has 2 aliphatic heterocycles. The Balaban J connectivity index is 1.40. The number of nitriles is 1. The molecule has 150 valence electrons. The van der Waals surface area contributed by atoms with Gasteiger partial charge in [0.05, 0.1) is 16.0 Å². The van der Waals surface area contributed by atoms with Gasteiger partial charge in [0.15, 0.2) is 5.17 Å². The summed E-state index contributed by atoms with van der Waals surface area (Å²) in [5.74, 6) is 0.483. The number of aryl methyl sites for hydroxylation is 1. The van der Waals surface area contributed by atoms with Gasteiger partial charge in [-0.2, -0.15) is 5.26 Å². The molecule has 0 spiro atoms. The first-order valence-electron chi connectivity index (χ1n) is 9.34. The Morgan fingerprint density at radius 3 is 2.83 bits per heavy atom. The van der Waals surface area contributed by atoms with Crippen molar-refractivity contribution in [2.75, 3.05) is 5.75 Å². The number of halogens is 1. The number of nitrogens with one attached hydrogen (secondary N) is 1. The summed E-state index contributed by atoms with van der Waals surface area (Å²) >= 11 is 2.86. The molecule has 0 radical (unpaired) electrons. The maximum absolute atomic E-state index is 13.8. The Morgan fingerprint density at radius 1 is 1.27 bits per heavy atom. The first-order valence-corrected chi connectivity index (χ1v) is 11.1. The van der Waals surface area contributed by atoms with E-state index >= 15 is 0 Å². The number of amides is 1. The second-order valence-electron chi connectivity index (χ2n) is 6.73. The smallest absolute Gasteiger partial charge is 0.264 e. The zero-order valence-corrected chi connectivity index (χ0v) is 17.5. The maximum atomic E-state index is 13.8. The molecule has 0 aromatic heterocycles. The SMILES string of the molecule is N#CN=C1NC(=O)/C(=C\c2ccc(C3=NC(CCc4ccccc4F)CS3)cc2)S1. The summed E-state index contributed by atoms with van der Waals surface area (Å²) in [6.45, 7) is 0. The van der Waals surface area contributed by atoms with Crippen LogP contribution in [-0.2, 0) is 11.2 Å². The van der Waals surface area contributed by atoms with Crippen LogP contribution in [0, 0.1) is 17.3 Å². The van der Waals surface area contributed by atoms with E-state index in [0.29, 0.717) is 16.5 Å². The Labute approximate surface area is 182 Å². The van der Waals surface area contributed by atoms with Crippen LogP contribution in [0.25, 0.3) is 6.08 Å². The van der Waals surface area contributed by atoms with Crippen LogP contribution in [0.3, 0.4) is 0 Å². The van der Waals surface area contributed by atoms with Gasteiger partial charge in [0.25, 0.3) is 5.91 Å². The fraction of sp³-hybridized carbons (Fsp3) is 0.182. The fourth-order valence-electron chi connectivity index (χ4n) is 3.14. The minimum absolute atomic E-state index is 0.155. The summed E-state index contributed by atoms with van der Waals surface area (Å²) in [4.78, 5) is 20.8. The predicted octanol–water partition coefficient (Wildman–Crippen LogP) is 4.36. The van der Waals surface area contributed by atoms with Crippen LogP contribution in [0.1, 0.15) is 23.1 Å². The molecule has 30 heavy (non-hydrogen) atoms. The number of hydrogen-bond acceptors (Lipinski definition) is 6. The number of benzene rings is 2. The van der Waals surface area contributed by atoms with E-state index in [1.165, 1.54) is 6.07 Å². The molecule has 1 unspecified atom stereocenters. The van der Waals surface area contributed by atoms with Crippen molar-refractivity contribution < 1.29 is 9.18 Å². The van der Waals surface area contributed by atoms with E-state index in [-0.39, 0.29) is 17.8 Å². The van der Waals surface area contributed by atoms with E-state index < -0.39 is 0 Å². The Hall–Kier alpha value is -2.89. The van der Waals surface area contributed by atoms with Gasteiger partial charge >= 0.3 is 0 Å². The number of amidine groups is 1. The third kappa shape index (κ3) is 4.81. The molecule has 0 saturated carbocycles. The van der Waals surface area contributed by atoms with Gasteiger partial charge in [-0.15, -0.1) is 16.8 Å². The Morgan fingerprint density at radius 2 is 2.07 bits per heavy atom. The molecular formula is C22H17FN4OS2. The van der Waals surface area contributed by atoms with E-state index in [0.717, 1.165) is 45.7 Å². The van der Waals surface area contributed by atoms with Crippen LogP contribution in [0.5, 0.6) is 0 Å². The number of aliphatic imine (C=N–C) groups is 2. The standard InChI is InChI=1S/C22H17FN4OS2/c23-18-4-2-1-3-15(18)9-10-17-12-29-21(26-17)16-7-5-14(6-8-16)11-19-20(28)27-22(30-19)25-13-24/h1-8,11,17H,9-10,12H2,(H,25,27,28)/b19-11+. The number of hydrogen-bond donors (Lipinski definition) is 1. The molecule has 2 aromatic carbocycles. The van der Waals surface area contributed by atoms with Crippen molar-refractivity contribution in [3.8, 4) is 6.19 Å². The molecule has 8 heteroatoms. The van der Waals surface area contributed by atoms with Crippen molar-refractivity contribution >= 4 is 45.7 Å². The lowest BCUT2D eigenvalue weighted by Gasteiger charge is -2.06. The number of thioether (sulfide) groups is 2. The Kier molecular flexibility index (Phi) is 6.31. The molecule has 2 heterocycles. The lowest BCUT2D eigenvalue weighted by atomic mass is 10.1. The minimum Gasteiger partial charge on any atom is -0.300 e. The zero-order valence-electron chi connectivity index (χ0n) is 15.8. The number of rotatable bonds is 5. The van der Waals surface area contributed by atoms with Crippen LogP contribution in [0.2, 0.25) is 0 Å². The molecule has 2 aromatic rings. The molecule has 5 nitrogen and oxygen atoms in total. The van der Waals surface area contributed by atoms with Crippen LogP contribution >= 0.6 is 23.5 Å². The van der Waals surface area contributed by atoms with Crippen LogP contribution in [-0.4, -0.2) is 27.9 Å². The van der Waals surface area contributed by atoms with Gasteiger partial charge in [-0.3, -0.25) is 15.1 Å². The molecule has 1 saturated heterocycles. The van der Waals surface area contributed by atoms with E-state index in [1.807, 2.05) is 36.4 Å². The highest BCUT2D eigenvalue weighted by atomic mass is 32.2. The topological polar surface area (TPSA) is 77.6 Å². The summed E-state index contributed by atoms with van der Waals surface area (Å²) < 4.78 is 13.8. The summed E-state index contributed by atoms with van der Waals surface area (Å²) in [7, 11) is 0. The van der Waals surface area contributed by atoms with E-state index in [9.17, 15) is 9.18 Å². The lowest BCUT2D eigenvalue weighted by molar-refractivity contribution is -0.115. The summed E-state index contributed by atoms with van der Waals surface area (Å²) in [5, 5.41) is 12.4. The summed E-state index contributed by atoms with van der Waals surface area (Å²) in [5.41, 5.74) is 2.65. The van der Waals surface area contributed by atoms with Crippen molar-refractivity contribution in [2.45, 2.75) is 18.9 Å². The first-order chi connectivity index (χ1) is 14.6. The van der Waals surface area contributed by atoms with Crippen molar-refractivity contribution in [3.63, 3.8) is 0 Å².